The van der Waals surface area contributed by atoms with Gasteiger partial charge < -0.3 is 16.0 Å². The third-order valence-corrected chi connectivity index (χ3v) is 6.09. The molecule has 0 atom stereocenters. The molecule has 0 aliphatic carbocycles. The summed E-state index contributed by atoms with van der Waals surface area (Å²) in [5.41, 5.74) is 11.6. The number of pyridine rings is 1. The van der Waals surface area contributed by atoms with E-state index in [-0.39, 0.29) is 0 Å². The van der Waals surface area contributed by atoms with Crippen LogP contribution in [0.25, 0.3) is 16.9 Å². The minimum atomic E-state index is -0.524. The van der Waals surface area contributed by atoms with E-state index in [1.165, 1.54) is 11.1 Å². The molecule has 1 aromatic carbocycles. The number of aryl methyl sites for hydroxylation is 1. The minimum Gasteiger partial charge on any atom is -0.366 e. The summed E-state index contributed by atoms with van der Waals surface area (Å²) in [7, 11) is 2.12. The predicted octanol–water partition coefficient (Wildman–Crippen LogP) is 3.19. The fourth-order valence-corrected chi connectivity index (χ4v) is 4.47. The molecule has 8 nitrogen and oxygen atoms in total. The number of hydrogen-bond acceptors (Lipinski definition) is 6. The van der Waals surface area contributed by atoms with Crippen LogP contribution in [0.3, 0.4) is 0 Å². The van der Waals surface area contributed by atoms with Crippen molar-refractivity contribution in [2.24, 2.45) is 5.73 Å². The molecule has 0 saturated heterocycles. The van der Waals surface area contributed by atoms with Crippen LogP contribution in [-0.4, -0.2) is 44.0 Å². The zero-order valence-corrected chi connectivity index (χ0v) is 18.9. The molecule has 33 heavy (non-hydrogen) atoms. The van der Waals surface area contributed by atoms with Crippen LogP contribution in [0.5, 0.6) is 0 Å². The van der Waals surface area contributed by atoms with Gasteiger partial charge in [0.1, 0.15) is 11.5 Å². The number of nitrogens with one attached hydrogen (secondary N) is 1. The van der Waals surface area contributed by atoms with Crippen LogP contribution in [-0.2, 0) is 19.5 Å². The van der Waals surface area contributed by atoms with Gasteiger partial charge in [0.25, 0.3) is 5.91 Å². The van der Waals surface area contributed by atoms with Crippen LogP contribution >= 0.6 is 0 Å². The topological polar surface area (TPSA) is 101 Å². The first-order valence-electron chi connectivity index (χ1n) is 11.2. The number of carbonyl (C=O) groups is 1. The first kappa shape index (κ1) is 21.1. The Balaban J connectivity index is 1.65. The average molecular weight is 442 g/mol. The van der Waals surface area contributed by atoms with Crippen molar-refractivity contribution >= 4 is 17.2 Å². The van der Waals surface area contributed by atoms with E-state index in [1.807, 2.05) is 37.3 Å². The monoisotopic (exact) mass is 441 g/mol. The van der Waals surface area contributed by atoms with E-state index in [0.29, 0.717) is 18.1 Å². The van der Waals surface area contributed by atoms with Gasteiger partial charge in [0, 0.05) is 18.7 Å². The number of nitrogens with zero attached hydrogens (tertiary/aromatic N) is 5. The van der Waals surface area contributed by atoms with Crippen LogP contribution in [0.2, 0.25) is 0 Å². The fourth-order valence-electron chi connectivity index (χ4n) is 4.47. The maximum atomic E-state index is 11.9. The molecule has 0 fully saturated rings. The van der Waals surface area contributed by atoms with Gasteiger partial charge in [-0.05, 0) is 51.1 Å². The fraction of sp³-hybridized carbons (Fsp3) is 0.280. The summed E-state index contributed by atoms with van der Waals surface area (Å²) in [6, 6.07) is 15.7. The van der Waals surface area contributed by atoms with E-state index in [2.05, 4.69) is 34.5 Å². The lowest BCUT2D eigenvalue weighted by molar-refractivity contribution is 0.0993. The number of nitrogens with two attached hydrogens (primary N) is 1. The number of aromatic nitrogens is 4. The lowest BCUT2D eigenvalue weighted by Gasteiger charge is -2.16. The summed E-state index contributed by atoms with van der Waals surface area (Å²) in [6.45, 7) is 4.36. The Labute approximate surface area is 192 Å². The van der Waals surface area contributed by atoms with Gasteiger partial charge in [-0.15, -0.1) is 0 Å². The van der Waals surface area contributed by atoms with Gasteiger partial charge in [-0.2, -0.15) is 5.10 Å². The van der Waals surface area contributed by atoms with Gasteiger partial charge in [0.15, 0.2) is 5.82 Å². The molecule has 3 aromatic heterocycles. The van der Waals surface area contributed by atoms with Gasteiger partial charge in [0.05, 0.1) is 22.5 Å². The molecule has 5 rings (SSSR count). The lowest BCUT2D eigenvalue weighted by atomic mass is 10.1. The van der Waals surface area contributed by atoms with Gasteiger partial charge in [-0.25, -0.2) is 14.5 Å². The molecule has 8 heteroatoms. The number of anilines is 1. The zero-order valence-electron chi connectivity index (χ0n) is 18.9. The third-order valence-electron chi connectivity index (χ3n) is 6.09. The number of hydrogen-bond donors (Lipinski definition) is 2. The maximum absolute atomic E-state index is 11.9. The number of primary amides is 1. The Hall–Kier alpha value is -3.78. The Kier molecular flexibility index (Phi) is 5.51. The number of amides is 1. The highest BCUT2D eigenvalue weighted by Gasteiger charge is 2.23. The summed E-state index contributed by atoms with van der Waals surface area (Å²) in [6.07, 6.45) is 1.99. The molecule has 1 aliphatic heterocycles. The van der Waals surface area contributed by atoms with Crippen LogP contribution in [0.15, 0.2) is 48.5 Å². The highest BCUT2D eigenvalue weighted by Crippen LogP contribution is 2.31. The van der Waals surface area contributed by atoms with Crippen molar-refractivity contribution in [3.63, 3.8) is 0 Å². The van der Waals surface area contributed by atoms with Crippen molar-refractivity contribution in [3.8, 4) is 11.4 Å². The Bertz CT molecular complexity index is 1330. The van der Waals surface area contributed by atoms with E-state index < -0.39 is 5.91 Å². The maximum Gasteiger partial charge on any atom is 0.267 e. The second-order valence-electron chi connectivity index (χ2n) is 8.53. The first-order chi connectivity index (χ1) is 16.0. The second-order valence-corrected chi connectivity index (χ2v) is 8.53. The molecular weight excluding hydrogens is 414 g/mol. The zero-order chi connectivity index (χ0) is 22.9. The van der Waals surface area contributed by atoms with Crippen LogP contribution in [0, 0.1) is 6.92 Å². The number of fused-ring (bicyclic) bond motifs is 2. The normalized spacial score (nSPS) is 14.1. The Morgan fingerprint density at radius 3 is 2.73 bits per heavy atom. The average Bonchev–Trinajstić information content (AvgIpc) is 3.02. The molecule has 4 aromatic rings. The van der Waals surface area contributed by atoms with Gasteiger partial charge >= 0.3 is 0 Å². The molecule has 1 aliphatic rings. The molecule has 3 N–H and O–H groups in total. The Morgan fingerprint density at radius 2 is 1.94 bits per heavy atom. The van der Waals surface area contributed by atoms with Crippen molar-refractivity contribution in [2.75, 3.05) is 18.9 Å². The van der Waals surface area contributed by atoms with Crippen molar-refractivity contribution < 1.29 is 4.79 Å². The minimum absolute atomic E-state index is 0.332. The molecule has 0 spiro atoms. The van der Waals surface area contributed by atoms with E-state index in [4.69, 9.17) is 15.7 Å². The molecular formula is C25H27N7O. The predicted molar refractivity (Wildman–Crippen MR) is 128 cm³/mol. The Morgan fingerprint density at radius 1 is 1.12 bits per heavy atom. The summed E-state index contributed by atoms with van der Waals surface area (Å²) < 4.78 is 1.59. The number of rotatable bonds is 5. The van der Waals surface area contributed by atoms with Crippen molar-refractivity contribution in [1.29, 1.82) is 0 Å². The van der Waals surface area contributed by atoms with Crippen molar-refractivity contribution in [2.45, 2.75) is 32.9 Å². The summed E-state index contributed by atoms with van der Waals surface area (Å²) in [5, 5.41) is 8.14. The smallest absolute Gasteiger partial charge is 0.267 e. The standard InChI is InChI=1S/C25H27N7O/c1-16-22(20-11-6-12-21(23(26)33)32(20)30-16)25-28-19-15-31(2)13-7-10-18(19)24(29-25)27-14-17-8-4-3-5-9-17/h3-6,8-9,11-12H,7,10,13-15H2,1-2H3,(H2,26,33)(H,27,28,29). The van der Waals surface area contributed by atoms with E-state index in [0.717, 1.165) is 54.2 Å². The van der Waals surface area contributed by atoms with E-state index in [9.17, 15) is 4.79 Å². The molecule has 1 amide bonds. The molecule has 168 valence electrons. The molecule has 4 heterocycles. The van der Waals surface area contributed by atoms with Crippen molar-refractivity contribution in [3.05, 3.63) is 76.7 Å². The van der Waals surface area contributed by atoms with Gasteiger partial charge in [-0.1, -0.05) is 36.4 Å². The van der Waals surface area contributed by atoms with Crippen LogP contribution in [0.4, 0.5) is 5.82 Å². The summed E-state index contributed by atoms with van der Waals surface area (Å²) in [4.78, 5) is 24.2. The van der Waals surface area contributed by atoms with Crippen molar-refractivity contribution in [1.82, 2.24) is 24.5 Å². The summed E-state index contributed by atoms with van der Waals surface area (Å²) >= 11 is 0. The van der Waals surface area contributed by atoms with E-state index in [1.54, 1.807) is 10.6 Å². The summed E-state index contributed by atoms with van der Waals surface area (Å²) in [5.74, 6) is 0.942. The molecule has 0 radical (unpaired) electrons. The molecule has 0 saturated carbocycles. The highest BCUT2D eigenvalue weighted by molar-refractivity contribution is 5.93. The number of benzene rings is 1. The quantitative estimate of drug-likeness (QED) is 0.493. The van der Waals surface area contributed by atoms with Gasteiger partial charge in [0.2, 0.25) is 0 Å². The molecule has 0 bridgehead atoms. The molecule has 0 unspecified atom stereocenters. The number of carbonyl (C=O) groups excluding carboxylic acids is 1. The van der Waals surface area contributed by atoms with Gasteiger partial charge in [-0.3, -0.25) is 4.79 Å². The first-order valence-corrected chi connectivity index (χ1v) is 11.2. The third kappa shape index (κ3) is 4.05. The van der Waals surface area contributed by atoms with Crippen LogP contribution in [0.1, 0.15) is 39.4 Å². The largest absolute Gasteiger partial charge is 0.366 e. The van der Waals surface area contributed by atoms with Crippen LogP contribution < -0.4 is 11.1 Å². The highest BCUT2D eigenvalue weighted by atomic mass is 16.1. The van der Waals surface area contributed by atoms with E-state index >= 15 is 0 Å². The second kappa shape index (κ2) is 8.63. The lowest BCUT2D eigenvalue weighted by Crippen LogP contribution is -2.18. The SMILES string of the molecule is Cc1nn2c(C(N)=O)cccc2c1-c1nc2c(c(NCc3ccccc3)n1)CCCN(C)C2.